The van der Waals surface area contributed by atoms with Gasteiger partial charge in [0.1, 0.15) is 5.65 Å². The fourth-order valence-corrected chi connectivity index (χ4v) is 3.12. The van der Waals surface area contributed by atoms with E-state index in [0.717, 1.165) is 22.2 Å². The minimum Gasteiger partial charge on any atom is -0.345 e. The lowest BCUT2D eigenvalue weighted by atomic mass is 10.0. The fraction of sp³-hybridized carbons (Fsp3) is 0. The number of nitrogens with one attached hydrogen (secondary N) is 2. The summed E-state index contributed by atoms with van der Waals surface area (Å²) >= 11 is 0. The molecule has 6 nitrogen and oxygen atoms in total. The number of pyridine rings is 2. The van der Waals surface area contributed by atoms with Gasteiger partial charge in [0.05, 0.1) is 11.4 Å². The van der Waals surface area contributed by atoms with E-state index in [9.17, 15) is 4.79 Å². The Morgan fingerprint density at radius 1 is 0.808 bits per heavy atom. The lowest BCUT2D eigenvalue weighted by Gasteiger charge is -2.09. The number of H-pyrrole nitrogens is 2. The molecule has 6 heteroatoms. The van der Waals surface area contributed by atoms with Gasteiger partial charge in [0, 0.05) is 41.2 Å². The van der Waals surface area contributed by atoms with Crippen LogP contribution in [0.5, 0.6) is 0 Å². The molecule has 5 aromatic rings. The molecule has 0 saturated heterocycles. The number of fused-ring (bicyclic) bond motifs is 2. The molecule has 0 spiro atoms. The van der Waals surface area contributed by atoms with Crippen molar-refractivity contribution < 1.29 is 0 Å². The molecule has 0 aliphatic rings. The van der Waals surface area contributed by atoms with Crippen molar-refractivity contribution in [2.75, 3.05) is 0 Å². The Kier molecular flexibility index (Phi) is 3.15. The van der Waals surface area contributed by atoms with Crippen LogP contribution in [-0.4, -0.2) is 24.9 Å². The predicted molar refractivity (Wildman–Crippen MR) is 101 cm³/mol. The molecule has 0 aliphatic heterocycles. The highest BCUT2D eigenvalue weighted by Crippen LogP contribution is 2.33. The third-order valence-corrected chi connectivity index (χ3v) is 4.34. The van der Waals surface area contributed by atoms with Gasteiger partial charge in [-0.15, -0.1) is 0 Å². The number of nitrogens with zero attached hydrogens (tertiary/aromatic N) is 3. The first-order valence-electron chi connectivity index (χ1n) is 8.18. The first kappa shape index (κ1) is 14.5. The molecular formula is C20H13N5O. The molecule has 2 N–H and O–H groups in total. The highest BCUT2D eigenvalue weighted by atomic mass is 16.1. The van der Waals surface area contributed by atoms with Crippen LogP contribution in [0, 0.1) is 0 Å². The Bertz CT molecular complexity index is 1300. The molecule has 4 aromatic heterocycles. The van der Waals surface area contributed by atoms with Crippen molar-refractivity contribution in [1.82, 2.24) is 24.9 Å². The summed E-state index contributed by atoms with van der Waals surface area (Å²) < 4.78 is 0. The summed E-state index contributed by atoms with van der Waals surface area (Å²) in [5.74, 6) is 0. The molecule has 26 heavy (non-hydrogen) atoms. The van der Waals surface area contributed by atoms with E-state index in [0.29, 0.717) is 22.6 Å². The number of benzene rings is 1. The Balaban J connectivity index is 1.91. The summed E-state index contributed by atoms with van der Waals surface area (Å²) in [6.07, 6.45) is 5.18. The van der Waals surface area contributed by atoms with Crippen LogP contribution in [0.25, 0.3) is 44.7 Å². The summed E-state index contributed by atoms with van der Waals surface area (Å²) in [6.45, 7) is 0. The third-order valence-electron chi connectivity index (χ3n) is 4.34. The molecular weight excluding hydrogens is 326 g/mol. The van der Waals surface area contributed by atoms with E-state index in [1.807, 2.05) is 48.7 Å². The molecule has 1 aromatic carbocycles. The molecule has 0 atom stereocenters. The lowest BCUT2D eigenvalue weighted by molar-refractivity contribution is 1.22. The number of hydrogen-bond donors (Lipinski definition) is 2. The topological polar surface area (TPSA) is 87.3 Å². The van der Waals surface area contributed by atoms with E-state index < -0.39 is 0 Å². The van der Waals surface area contributed by atoms with Crippen LogP contribution in [0.15, 0.2) is 71.9 Å². The van der Waals surface area contributed by atoms with Gasteiger partial charge >= 0.3 is 0 Å². The molecule has 0 amide bonds. The van der Waals surface area contributed by atoms with Crippen LogP contribution in [0.3, 0.4) is 0 Å². The maximum Gasteiger partial charge on any atom is 0.209 e. The van der Waals surface area contributed by atoms with Crippen LogP contribution in [0.2, 0.25) is 0 Å². The Hall–Kier alpha value is -3.80. The molecule has 124 valence electrons. The van der Waals surface area contributed by atoms with E-state index in [1.54, 1.807) is 12.4 Å². The zero-order valence-corrected chi connectivity index (χ0v) is 13.6. The van der Waals surface area contributed by atoms with Crippen molar-refractivity contribution in [1.29, 1.82) is 0 Å². The lowest BCUT2D eigenvalue weighted by Crippen LogP contribution is -2.06. The van der Waals surface area contributed by atoms with Crippen molar-refractivity contribution in [3.05, 3.63) is 77.3 Å². The maximum atomic E-state index is 12.3. The van der Waals surface area contributed by atoms with Gasteiger partial charge in [-0.25, -0.2) is 15.0 Å². The number of hydrogen-bond acceptors (Lipinski definition) is 4. The van der Waals surface area contributed by atoms with E-state index in [1.165, 1.54) is 6.07 Å². The second kappa shape index (κ2) is 5.63. The van der Waals surface area contributed by atoms with Gasteiger partial charge in [0.15, 0.2) is 11.2 Å². The highest BCUT2D eigenvalue weighted by Gasteiger charge is 2.17. The zero-order valence-electron chi connectivity index (χ0n) is 13.6. The molecule has 0 saturated carbocycles. The smallest absolute Gasteiger partial charge is 0.209 e. The first-order chi connectivity index (χ1) is 12.8. The average Bonchev–Trinajstić information content (AvgIpc) is 3.12. The fourth-order valence-electron chi connectivity index (χ4n) is 3.12. The highest BCUT2D eigenvalue weighted by molar-refractivity contribution is 5.97. The van der Waals surface area contributed by atoms with Crippen LogP contribution in [0.1, 0.15) is 0 Å². The van der Waals surface area contributed by atoms with Crippen molar-refractivity contribution in [2.24, 2.45) is 0 Å². The maximum absolute atomic E-state index is 12.3. The standard InChI is InChI=1S/C20H13N5O/c26-15-8-10-22-20-18(15)24-17(16(25-20)12-5-2-1-3-6-12)14-11-23-19-13(14)7-4-9-21-19/h1-11H,(H,21,23)(H,22,25,26). The van der Waals surface area contributed by atoms with Gasteiger partial charge in [-0.05, 0) is 12.1 Å². The summed E-state index contributed by atoms with van der Waals surface area (Å²) in [6, 6.07) is 15.1. The number of rotatable bonds is 2. The SMILES string of the molecule is O=c1cc[nH]c2nc(-c3ccccc3)c(-c3c[nH]c4ncccc34)nc12. The van der Waals surface area contributed by atoms with Crippen molar-refractivity contribution in [2.45, 2.75) is 0 Å². The number of aromatic nitrogens is 5. The van der Waals surface area contributed by atoms with Crippen LogP contribution in [-0.2, 0) is 0 Å². The minimum atomic E-state index is -0.162. The Morgan fingerprint density at radius 3 is 2.58 bits per heavy atom. The Morgan fingerprint density at radius 2 is 1.69 bits per heavy atom. The van der Waals surface area contributed by atoms with Gasteiger partial charge in [-0.3, -0.25) is 4.79 Å². The average molecular weight is 339 g/mol. The van der Waals surface area contributed by atoms with Gasteiger partial charge in [-0.2, -0.15) is 0 Å². The number of aromatic amines is 2. The quantitative estimate of drug-likeness (QED) is 0.515. The third kappa shape index (κ3) is 2.20. The Labute approximate surface area is 147 Å². The van der Waals surface area contributed by atoms with Crippen LogP contribution in [0.4, 0.5) is 0 Å². The molecule has 0 aliphatic carbocycles. The second-order valence-electron chi connectivity index (χ2n) is 5.93. The zero-order chi connectivity index (χ0) is 17.5. The molecule has 0 unspecified atom stereocenters. The summed E-state index contributed by atoms with van der Waals surface area (Å²) in [5, 5.41) is 0.936. The van der Waals surface area contributed by atoms with Crippen molar-refractivity contribution in [3.8, 4) is 22.5 Å². The molecule has 5 rings (SSSR count). The van der Waals surface area contributed by atoms with E-state index >= 15 is 0 Å². The molecule has 0 radical (unpaired) electrons. The second-order valence-corrected chi connectivity index (χ2v) is 5.93. The molecule has 0 bridgehead atoms. The normalized spacial score (nSPS) is 11.2. The summed E-state index contributed by atoms with van der Waals surface area (Å²) in [5.41, 5.74) is 4.56. The van der Waals surface area contributed by atoms with Crippen LogP contribution >= 0.6 is 0 Å². The van der Waals surface area contributed by atoms with Gasteiger partial charge in [0.25, 0.3) is 0 Å². The predicted octanol–water partition coefficient (Wildman–Crippen LogP) is 3.53. The molecule has 4 heterocycles. The van der Waals surface area contributed by atoms with Crippen molar-refractivity contribution in [3.63, 3.8) is 0 Å². The monoisotopic (exact) mass is 339 g/mol. The van der Waals surface area contributed by atoms with Crippen LogP contribution < -0.4 is 5.43 Å². The first-order valence-corrected chi connectivity index (χ1v) is 8.18. The summed E-state index contributed by atoms with van der Waals surface area (Å²) in [7, 11) is 0. The van der Waals surface area contributed by atoms with Crippen molar-refractivity contribution >= 4 is 22.2 Å². The van der Waals surface area contributed by atoms with Gasteiger partial charge < -0.3 is 9.97 Å². The van der Waals surface area contributed by atoms with Gasteiger partial charge in [-0.1, -0.05) is 30.3 Å². The van der Waals surface area contributed by atoms with E-state index in [4.69, 9.17) is 4.98 Å². The minimum absolute atomic E-state index is 0.162. The van der Waals surface area contributed by atoms with Gasteiger partial charge in [0.2, 0.25) is 5.43 Å². The van der Waals surface area contributed by atoms with E-state index in [2.05, 4.69) is 19.9 Å². The summed E-state index contributed by atoms with van der Waals surface area (Å²) in [4.78, 5) is 32.2. The largest absolute Gasteiger partial charge is 0.345 e. The van der Waals surface area contributed by atoms with E-state index in [-0.39, 0.29) is 5.43 Å². The molecule has 0 fully saturated rings.